The average molecular weight is 479 g/mol. The Hall–Kier alpha value is -0.710. The van der Waals surface area contributed by atoms with Gasteiger partial charge in [0, 0.05) is 30.7 Å². The van der Waals surface area contributed by atoms with E-state index in [1.54, 1.807) is 23.5 Å². The van der Waals surface area contributed by atoms with E-state index in [4.69, 9.17) is 11.6 Å². The average Bonchev–Trinajstić information content (AvgIpc) is 3.21. The highest BCUT2D eigenvalue weighted by Crippen LogP contribution is 2.33. The summed E-state index contributed by atoms with van der Waals surface area (Å²) in [5.41, 5.74) is 0.964. The SMILES string of the molecule is O=S(=O)(c1ccc(Cl)s1)N1CCN(c2nc3ccc(Br)cc3s2)CC1. The van der Waals surface area contributed by atoms with Crippen LogP contribution in [0.4, 0.5) is 5.13 Å². The minimum atomic E-state index is -3.46. The summed E-state index contributed by atoms with van der Waals surface area (Å²) < 4.78 is 29.8. The van der Waals surface area contributed by atoms with Gasteiger partial charge in [-0.15, -0.1) is 11.3 Å². The molecule has 10 heteroatoms. The van der Waals surface area contributed by atoms with Crippen molar-refractivity contribution in [3.8, 4) is 0 Å². The molecule has 25 heavy (non-hydrogen) atoms. The lowest BCUT2D eigenvalue weighted by molar-refractivity contribution is 0.386. The van der Waals surface area contributed by atoms with E-state index in [1.807, 2.05) is 12.1 Å². The highest BCUT2D eigenvalue weighted by atomic mass is 79.9. The number of nitrogens with zero attached hydrogens (tertiary/aromatic N) is 3. The standard InChI is InChI=1S/C15H13BrClN3O2S3/c16-10-1-2-11-12(9-10)23-15(18-11)19-5-7-20(8-6-19)25(21,22)14-4-3-13(17)24-14/h1-4,9H,5-8H2. The molecule has 0 bridgehead atoms. The van der Waals surface area contributed by atoms with E-state index in [1.165, 1.54) is 4.31 Å². The van der Waals surface area contributed by atoms with Crippen LogP contribution in [0.25, 0.3) is 10.2 Å². The molecule has 1 aliphatic heterocycles. The normalized spacial score (nSPS) is 16.6. The van der Waals surface area contributed by atoms with Crippen molar-refractivity contribution in [3.05, 3.63) is 39.1 Å². The number of hydrogen-bond donors (Lipinski definition) is 0. The summed E-state index contributed by atoms with van der Waals surface area (Å²) in [6, 6.07) is 9.20. The van der Waals surface area contributed by atoms with E-state index in [0.717, 1.165) is 31.2 Å². The summed E-state index contributed by atoms with van der Waals surface area (Å²) in [4.78, 5) is 6.81. The minimum absolute atomic E-state index is 0.302. The minimum Gasteiger partial charge on any atom is -0.345 e. The van der Waals surface area contributed by atoms with Crippen LogP contribution < -0.4 is 4.90 Å². The van der Waals surface area contributed by atoms with E-state index in [-0.39, 0.29) is 0 Å². The number of thiophene rings is 1. The molecular formula is C15H13BrClN3O2S3. The van der Waals surface area contributed by atoms with Crippen LogP contribution in [0, 0.1) is 0 Å². The fourth-order valence-electron chi connectivity index (χ4n) is 2.70. The molecule has 2 aromatic heterocycles. The molecule has 3 heterocycles. The van der Waals surface area contributed by atoms with Gasteiger partial charge >= 0.3 is 0 Å². The van der Waals surface area contributed by atoms with Crippen LogP contribution >= 0.6 is 50.2 Å². The number of fused-ring (bicyclic) bond motifs is 1. The second-order valence-electron chi connectivity index (χ2n) is 5.56. The first-order valence-electron chi connectivity index (χ1n) is 7.50. The lowest BCUT2D eigenvalue weighted by atomic mass is 10.3. The van der Waals surface area contributed by atoms with Crippen molar-refractivity contribution in [1.82, 2.24) is 9.29 Å². The first-order chi connectivity index (χ1) is 11.9. The maximum atomic E-state index is 12.7. The second-order valence-corrected chi connectivity index (χ2v) is 11.4. The molecule has 1 aliphatic rings. The summed E-state index contributed by atoms with van der Waals surface area (Å²) in [5, 5.41) is 0.935. The third kappa shape index (κ3) is 3.45. The molecule has 0 saturated carbocycles. The largest absolute Gasteiger partial charge is 0.345 e. The third-order valence-corrected chi connectivity index (χ3v) is 9.16. The number of aromatic nitrogens is 1. The molecule has 1 aromatic carbocycles. The van der Waals surface area contributed by atoms with Gasteiger partial charge in [0.2, 0.25) is 0 Å². The van der Waals surface area contributed by atoms with E-state index in [2.05, 4.69) is 31.9 Å². The van der Waals surface area contributed by atoms with Gasteiger partial charge in [0.1, 0.15) is 4.21 Å². The lowest BCUT2D eigenvalue weighted by Gasteiger charge is -2.33. The van der Waals surface area contributed by atoms with Crippen LogP contribution in [-0.2, 0) is 10.0 Å². The number of hydrogen-bond acceptors (Lipinski definition) is 6. The molecule has 0 atom stereocenters. The van der Waals surface area contributed by atoms with Gasteiger partial charge in [-0.25, -0.2) is 13.4 Å². The predicted molar refractivity (Wildman–Crippen MR) is 108 cm³/mol. The first-order valence-corrected chi connectivity index (χ1v) is 11.7. The fourth-order valence-corrected chi connectivity index (χ4v) is 7.33. The molecule has 3 aromatic rings. The van der Waals surface area contributed by atoms with Crippen molar-refractivity contribution in [2.75, 3.05) is 31.1 Å². The van der Waals surface area contributed by atoms with Gasteiger partial charge in [0.05, 0.1) is 14.6 Å². The Morgan fingerprint density at radius 3 is 2.52 bits per heavy atom. The van der Waals surface area contributed by atoms with Crippen molar-refractivity contribution < 1.29 is 8.42 Å². The van der Waals surface area contributed by atoms with Crippen LogP contribution in [0.3, 0.4) is 0 Å². The Labute approximate surface area is 167 Å². The first kappa shape index (κ1) is 17.7. The Kier molecular flexibility index (Phi) is 4.80. The van der Waals surface area contributed by atoms with Crippen molar-refractivity contribution >= 4 is 75.6 Å². The molecule has 4 rings (SSSR count). The quantitative estimate of drug-likeness (QED) is 0.564. The number of halogens is 2. The Bertz CT molecular complexity index is 1030. The molecule has 1 fully saturated rings. The van der Waals surface area contributed by atoms with Gasteiger partial charge < -0.3 is 4.90 Å². The van der Waals surface area contributed by atoms with Gasteiger partial charge in [-0.2, -0.15) is 4.31 Å². The van der Waals surface area contributed by atoms with E-state index < -0.39 is 10.0 Å². The smallest absolute Gasteiger partial charge is 0.252 e. The molecule has 0 aliphatic carbocycles. The molecule has 0 spiro atoms. The fraction of sp³-hybridized carbons (Fsp3) is 0.267. The summed E-state index contributed by atoms with van der Waals surface area (Å²) in [6.07, 6.45) is 0. The molecule has 0 radical (unpaired) electrons. The highest BCUT2D eigenvalue weighted by molar-refractivity contribution is 9.10. The number of piperazine rings is 1. The topological polar surface area (TPSA) is 53.5 Å². The number of sulfonamides is 1. The third-order valence-electron chi connectivity index (χ3n) is 3.99. The lowest BCUT2D eigenvalue weighted by Crippen LogP contribution is -2.48. The van der Waals surface area contributed by atoms with Gasteiger partial charge in [-0.05, 0) is 30.3 Å². The van der Waals surface area contributed by atoms with Crippen LogP contribution in [-0.4, -0.2) is 43.9 Å². The summed E-state index contributed by atoms with van der Waals surface area (Å²) in [7, 11) is -3.46. The summed E-state index contributed by atoms with van der Waals surface area (Å²) in [5.74, 6) is 0. The number of rotatable bonds is 3. The van der Waals surface area contributed by atoms with Crippen molar-refractivity contribution in [3.63, 3.8) is 0 Å². The van der Waals surface area contributed by atoms with Crippen molar-refractivity contribution in [2.45, 2.75) is 4.21 Å². The van der Waals surface area contributed by atoms with Crippen molar-refractivity contribution in [1.29, 1.82) is 0 Å². The molecule has 132 valence electrons. The maximum absolute atomic E-state index is 12.7. The molecular weight excluding hydrogens is 466 g/mol. The highest BCUT2D eigenvalue weighted by Gasteiger charge is 2.30. The number of benzene rings is 1. The van der Waals surface area contributed by atoms with E-state index in [0.29, 0.717) is 34.7 Å². The molecule has 0 amide bonds. The molecule has 1 saturated heterocycles. The van der Waals surface area contributed by atoms with Gasteiger partial charge in [-0.1, -0.05) is 38.9 Å². The summed E-state index contributed by atoms with van der Waals surface area (Å²) >= 11 is 12.1. The Balaban J connectivity index is 1.50. The number of anilines is 1. The van der Waals surface area contributed by atoms with Crippen LogP contribution in [0.15, 0.2) is 39.0 Å². The van der Waals surface area contributed by atoms with E-state index in [9.17, 15) is 8.42 Å². The molecule has 5 nitrogen and oxygen atoms in total. The van der Waals surface area contributed by atoms with Crippen LogP contribution in [0.2, 0.25) is 4.34 Å². The van der Waals surface area contributed by atoms with Gasteiger partial charge in [0.15, 0.2) is 5.13 Å². The van der Waals surface area contributed by atoms with Crippen molar-refractivity contribution in [2.24, 2.45) is 0 Å². The monoisotopic (exact) mass is 477 g/mol. The molecule has 0 unspecified atom stereocenters. The summed E-state index contributed by atoms with van der Waals surface area (Å²) in [6.45, 7) is 2.13. The Morgan fingerprint density at radius 1 is 1.08 bits per heavy atom. The van der Waals surface area contributed by atoms with E-state index >= 15 is 0 Å². The molecule has 0 N–H and O–H groups in total. The van der Waals surface area contributed by atoms with Crippen LogP contribution in [0.5, 0.6) is 0 Å². The van der Waals surface area contributed by atoms with Gasteiger partial charge in [-0.3, -0.25) is 0 Å². The number of thiazole rings is 1. The van der Waals surface area contributed by atoms with Crippen LogP contribution in [0.1, 0.15) is 0 Å². The predicted octanol–water partition coefficient (Wildman–Crippen LogP) is 4.28. The van der Waals surface area contributed by atoms with Gasteiger partial charge in [0.25, 0.3) is 10.0 Å². The maximum Gasteiger partial charge on any atom is 0.252 e. The zero-order chi connectivity index (χ0) is 17.6. The zero-order valence-corrected chi connectivity index (χ0v) is 17.6. The zero-order valence-electron chi connectivity index (χ0n) is 12.9. The second kappa shape index (κ2) is 6.79. The Morgan fingerprint density at radius 2 is 1.84 bits per heavy atom.